The summed E-state index contributed by atoms with van der Waals surface area (Å²) in [6, 6.07) is 5.27. The summed E-state index contributed by atoms with van der Waals surface area (Å²) in [5, 5.41) is 12.3. The predicted octanol–water partition coefficient (Wildman–Crippen LogP) is 1.10. The monoisotopic (exact) mass is 399 g/mol. The van der Waals surface area contributed by atoms with Crippen molar-refractivity contribution in [3.05, 3.63) is 41.6 Å². The van der Waals surface area contributed by atoms with Gasteiger partial charge in [-0.15, -0.1) is 0 Å². The molecule has 0 aliphatic carbocycles. The van der Waals surface area contributed by atoms with E-state index in [2.05, 4.69) is 15.3 Å². The fourth-order valence-corrected chi connectivity index (χ4v) is 3.02. The highest BCUT2D eigenvalue weighted by atomic mass is 16.5. The molecule has 2 aromatic heterocycles. The molecule has 3 rings (SSSR count). The number of rotatable bonds is 5. The number of carbonyl (C=O) groups excluding carboxylic acids is 2. The molecule has 0 saturated carbocycles. The molecule has 0 bridgehead atoms. The van der Waals surface area contributed by atoms with Gasteiger partial charge in [-0.25, -0.2) is 4.98 Å². The maximum absolute atomic E-state index is 12.3. The number of aliphatic hydroxyl groups excluding tert-OH is 1. The van der Waals surface area contributed by atoms with Gasteiger partial charge in [-0.3, -0.25) is 19.1 Å². The van der Waals surface area contributed by atoms with E-state index >= 15 is 0 Å². The Hall–Kier alpha value is -3.20. The second-order valence-corrected chi connectivity index (χ2v) is 6.67. The van der Waals surface area contributed by atoms with Gasteiger partial charge in [-0.1, -0.05) is 6.92 Å². The molecule has 1 aliphatic heterocycles. The largest absolute Gasteiger partial charge is 0.488 e. The molecule has 0 spiro atoms. The number of aliphatic hydroxyl groups is 1. The van der Waals surface area contributed by atoms with Crippen LogP contribution in [0.4, 0.5) is 11.5 Å². The molecule has 1 atom stereocenters. The predicted molar refractivity (Wildman–Crippen MR) is 108 cm³/mol. The van der Waals surface area contributed by atoms with Gasteiger partial charge in [-0.05, 0) is 18.6 Å². The van der Waals surface area contributed by atoms with E-state index < -0.39 is 6.10 Å². The maximum Gasteiger partial charge on any atom is 0.253 e. The summed E-state index contributed by atoms with van der Waals surface area (Å²) in [6.07, 6.45) is 3.15. The zero-order valence-corrected chi connectivity index (χ0v) is 16.8. The molecule has 1 aliphatic rings. The molecule has 9 nitrogen and oxygen atoms in total. The van der Waals surface area contributed by atoms with Gasteiger partial charge >= 0.3 is 0 Å². The van der Waals surface area contributed by atoms with Crippen LogP contribution in [0.15, 0.2) is 35.6 Å². The third-order valence-corrected chi connectivity index (χ3v) is 4.69. The van der Waals surface area contributed by atoms with E-state index in [1.54, 1.807) is 19.3 Å². The minimum Gasteiger partial charge on any atom is -0.488 e. The SMILES string of the molecule is CCC(O)CNC(=O)c1cnc2c(c1)OCCN2c1ccn(C(C)=O)c(=NC)c1. The summed E-state index contributed by atoms with van der Waals surface area (Å²) >= 11 is 0. The van der Waals surface area contributed by atoms with E-state index in [9.17, 15) is 14.7 Å². The molecular formula is C20H25N5O4. The number of aromatic nitrogens is 2. The van der Waals surface area contributed by atoms with Crippen molar-refractivity contribution in [2.45, 2.75) is 26.4 Å². The number of nitrogens with zero attached hydrogens (tertiary/aromatic N) is 4. The van der Waals surface area contributed by atoms with Crippen molar-refractivity contribution in [3.8, 4) is 5.75 Å². The molecular weight excluding hydrogens is 374 g/mol. The average molecular weight is 399 g/mol. The summed E-state index contributed by atoms with van der Waals surface area (Å²) in [6.45, 7) is 4.50. The molecule has 1 amide bonds. The van der Waals surface area contributed by atoms with Crippen LogP contribution in [0.25, 0.3) is 0 Å². The highest BCUT2D eigenvalue weighted by molar-refractivity contribution is 5.95. The lowest BCUT2D eigenvalue weighted by atomic mass is 10.2. The molecule has 0 fully saturated rings. The number of carbonyl (C=O) groups is 2. The van der Waals surface area contributed by atoms with E-state index in [0.29, 0.717) is 42.2 Å². The zero-order valence-electron chi connectivity index (χ0n) is 16.8. The van der Waals surface area contributed by atoms with Gasteiger partial charge in [-0.2, -0.15) is 0 Å². The van der Waals surface area contributed by atoms with E-state index in [1.807, 2.05) is 24.0 Å². The number of anilines is 2. The molecule has 0 radical (unpaired) electrons. The number of amides is 1. The number of nitrogens with one attached hydrogen (secondary N) is 1. The minimum atomic E-state index is -0.578. The van der Waals surface area contributed by atoms with Crippen LogP contribution in [0.5, 0.6) is 5.75 Å². The molecule has 2 N–H and O–H groups in total. The minimum absolute atomic E-state index is 0.124. The Morgan fingerprint density at radius 2 is 2.21 bits per heavy atom. The highest BCUT2D eigenvalue weighted by Crippen LogP contribution is 2.34. The molecule has 154 valence electrons. The van der Waals surface area contributed by atoms with Crippen LogP contribution in [-0.4, -0.2) is 59.3 Å². The number of hydrogen-bond donors (Lipinski definition) is 2. The van der Waals surface area contributed by atoms with E-state index in [1.165, 1.54) is 17.7 Å². The molecule has 2 aromatic rings. The first kappa shape index (κ1) is 20.5. The topological polar surface area (TPSA) is 109 Å². The quantitative estimate of drug-likeness (QED) is 0.779. The number of pyridine rings is 2. The first-order valence-corrected chi connectivity index (χ1v) is 9.47. The lowest BCUT2D eigenvalue weighted by Gasteiger charge is -2.30. The van der Waals surface area contributed by atoms with Crippen molar-refractivity contribution in [1.82, 2.24) is 14.9 Å². The number of fused-ring (bicyclic) bond motifs is 1. The first-order chi connectivity index (χ1) is 13.9. The molecule has 3 heterocycles. The van der Waals surface area contributed by atoms with Gasteiger partial charge in [0, 0.05) is 44.7 Å². The summed E-state index contributed by atoms with van der Waals surface area (Å²) in [4.78, 5) is 34.6. The lowest BCUT2D eigenvalue weighted by Crippen LogP contribution is -2.33. The Morgan fingerprint density at radius 3 is 2.90 bits per heavy atom. The van der Waals surface area contributed by atoms with E-state index in [-0.39, 0.29) is 18.4 Å². The van der Waals surface area contributed by atoms with E-state index in [4.69, 9.17) is 4.74 Å². The summed E-state index contributed by atoms with van der Waals surface area (Å²) in [7, 11) is 1.63. The van der Waals surface area contributed by atoms with Crippen LogP contribution < -0.4 is 20.4 Å². The van der Waals surface area contributed by atoms with Gasteiger partial charge in [0.15, 0.2) is 11.6 Å². The Bertz CT molecular complexity index is 985. The molecule has 0 saturated heterocycles. The average Bonchev–Trinajstić information content (AvgIpc) is 2.75. The first-order valence-electron chi connectivity index (χ1n) is 9.47. The smallest absolute Gasteiger partial charge is 0.253 e. The third kappa shape index (κ3) is 4.45. The van der Waals surface area contributed by atoms with Crippen LogP contribution in [0, 0.1) is 0 Å². The van der Waals surface area contributed by atoms with Crippen LogP contribution in [0.1, 0.15) is 35.4 Å². The third-order valence-electron chi connectivity index (χ3n) is 4.69. The lowest BCUT2D eigenvalue weighted by molar-refractivity contribution is 0.0910. The van der Waals surface area contributed by atoms with Gasteiger partial charge in [0.25, 0.3) is 5.91 Å². The van der Waals surface area contributed by atoms with Crippen LogP contribution in [-0.2, 0) is 0 Å². The van der Waals surface area contributed by atoms with Gasteiger partial charge in [0.1, 0.15) is 12.1 Å². The number of hydrogen-bond acceptors (Lipinski definition) is 7. The maximum atomic E-state index is 12.3. The van der Waals surface area contributed by atoms with Crippen molar-refractivity contribution < 1.29 is 19.4 Å². The van der Waals surface area contributed by atoms with Crippen molar-refractivity contribution in [1.29, 1.82) is 0 Å². The van der Waals surface area contributed by atoms with Crippen molar-refractivity contribution >= 4 is 23.3 Å². The Morgan fingerprint density at radius 1 is 1.41 bits per heavy atom. The van der Waals surface area contributed by atoms with Crippen LogP contribution in [0.3, 0.4) is 0 Å². The standard InChI is InChI=1S/C20H25N5O4/c1-4-16(27)12-23-20(28)14-9-17-19(22-11-14)25(7-8-29-17)15-5-6-24(13(2)26)18(10-15)21-3/h5-6,9-11,16,27H,4,7-8,12H2,1-3H3,(H,23,28). The second-order valence-electron chi connectivity index (χ2n) is 6.67. The molecule has 0 aromatic carbocycles. The fraction of sp³-hybridized carbons (Fsp3) is 0.400. The Labute approximate surface area is 168 Å². The van der Waals surface area contributed by atoms with E-state index in [0.717, 1.165) is 5.69 Å². The summed E-state index contributed by atoms with van der Waals surface area (Å²) in [5.74, 6) is 0.645. The summed E-state index contributed by atoms with van der Waals surface area (Å²) in [5.41, 5.74) is 1.72. The van der Waals surface area contributed by atoms with Crippen molar-refractivity contribution in [3.63, 3.8) is 0 Å². The Balaban J connectivity index is 1.88. The fourth-order valence-electron chi connectivity index (χ4n) is 3.02. The van der Waals surface area contributed by atoms with Crippen molar-refractivity contribution in [2.75, 3.05) is 31.6 Å². The zero-order chi connectivity index (χ0) is 21.0. The highest BCUT2D eigenvalue weighted by Gasteiger charge is 2.23. The second kappa shape index (κ2) is 8.87. The Kier molecular flexibility index (Phi) is 6.28. The van der Waals surface area contributed by atoms with Gasteiger partial charge in [0.2, 0.25) is 5.91 Å². The van der Waals surface area contributed by atoms with Crippen LogP contribution in [0.2, 0.25) is 0 Å². The molecule has 29 heavy (non-hydrogen) atoms. The van der Waals surface area contributed by atoms with Crippen molar-refractivity contribution in [2.24, 2.45) is 4.99 Å². The van der Waals surface area contributed by atoms with Gasteiger partial charge in [0.05, 0.1) is 18.2 Å². The summed E-state index contributed by atoms with van der Waals surface area (Å²) < 4.78 is 7.18. The molecule has 1 unspecified atom stereocenters. The normalized spacial score (nSPS) is 14.8. The number of ether oxygens (including phenoxy) is 1. The molecule has 9 heteroatoms. The van der Waals surface area contributed by atoms with Crippen LogP contribution >= 0.6 is 0 Å². The van der Waals surface area contributed by atoms with Gasteiger partial charge < -0.3 is 20.1 Å².